The van der Waals surface area contributed by atoms with Gasteiger partial charge in [0.1, 0.15) is 16.9 Å². The summed E-state index contributed by atoms with van der Waals surface area (Å²) in [6.45, 7) is 2.10. The van der Waals surface area contributed by atoms with Crippen molar-refractivity contribution in [3.05, 3.63) is 36.4 Å². The molecule has 1 unspecified atom stereocenters. The van der Waals surface area contributed by atoms with Gasteiger partial charge in [0.15, 0.2) is 0 Å². The van der Waals surface area contributed by atoms with Gasteiger partial charge in [-0.05, 0) is 18.2 Å². The van der Waals surface area contributed by atoms with Crippen molar-refractivity contribution in [1.82, 2.24) is 4.98 Å². The Balaban J connectivity index is 1.89. The molecular formula is C14H15N3OS. The lowest BCUT2D eigenvalue weighted by atomic mass is 10.2. The third-order valence-electron chi connectivity index (χ3n) is 3.29. The predicted molar refractivity (Wildman–Crippen MR) is 80.5 cm³/mol. The van der Waals surface area contributed by atoms with Gasteiger partial charge in [-0.3, -0.25) is 0 Å². The Morgan fingerprint density at radius 3 is 3.00 bits per heavy atom. The highest BCUT2D eigenvalue weighted by Gasteiger charge is 2.23. The highest BCUT2D eigenvalue weighted by Crippen LogP contribution is 2.20. The molecule has 1 atom stereocenters. The summed E-state index contributed by atoms with van der Waals surface area (Å²) in [6, 6.07) is 12.2. The Kier molecular flexibility index (Phi) is 3.31. The summed E-state index contributed by atoms with van der Waals surface area (Å²) in [6.07, 6.45) is -0.183. The van der Waals surface area contributed by atoms with E-state index in [-0.39, 0.29) is 6.10 Å². The largest absolute Gasteiger partial charge is 0.391 e. The summed E-state index contributed by atoms with van der Waals surface area (Å²) >= 11 is 5.00. The molecule has 2 aromatic rings. The number of hydrogen-bond acceptors (Lipinski definition) is 4. The normalized spacial score (nSPS) is 19.6. The number of pyridine rings is 1. The second kappa shape index (κ2) is 5.11. The maximum absolute atomic E-state index is 5.66. The van der Waals surface area contributed by atoms with Gasteiger partial charge in [-0.15, -0.1) is 0 Å². The molecule has 4 nitrogen and oxygen atoms in total. The van der Waals surface area contributed by atoms with Gasteiger partial charge >= 0.3 is 0 Å². The summed E-state index contributed by atoms with van der Waals surface area (Å²) in [5.41, 5.74) is 6.66. The molecule has 98 valence electrons. The first-order chi connectivity index (χ1) is 9.24. The number of fused-ring (bicyclic) bond motifs is 1. The molecular weight excluding hydrogens is 258 g/mol. The topological polar surface area (TPSA) is 51.4 Å². The van der Waals surface area contributed by atoms with Gasteiger partial charge < -0.3 is 15.4 Å². The lowest BCUT2D eigenvalue weighted by molar-refractivity contribution is 0.0844. The molecule has 0 aliphatic carbocycles. The van der Waals surface area contributed by atoms with E-state index in [1.807, 2.05) is 24.3 Å². The van der Waals surface area contributed by atoms with Gasteiger partial charge in [0, 0.05) is 11.9 Å². The molecule has 0 bridgehead atoms. The molecule has 5 heteroatoms. The van der Waals surface area contributed by atoms with Crippen LogP contribution in [0.4, 0.5) is 5.82 Å². The molecule has 1 aliphatic rings. The molecule has 0 amide bonds. The molecule has 1 saturated heterocycles. The van der Waals surface area contributed by atoms with E-state index in [1.165, 1.54) is 0 Å². The number of para-hydroxylation sites is 1. The van der Waals surface area contributed by atoms with Crippen LogP contribution >= 0.6 is 12.2 Å². The molecule has 2 heterocycles. The lowest BCUT2D eigenvalue weighted by Crippen LogP contribution is -2.48. The number of thiocarbonyl (C=S) groups is 1. The third-order valence-corrected chi connectivity index (χ3v) is 3.55. The minimum Gasteiger partial charge on any atom is -0.391 e. The summed E-state index contributed by atoms with van der Waals surface area (Å²) in [7, 11) is 0. The molecule has 1 aromatic heterocycles. The number of aromatic nitrogens is 1. The second-order valence-corrected chi connectivity index (χ2v) is 5.04. The Labute approximate surface area is 117 Å². The molecule has 1 aromatic carbocycles. The van der Waals surface area contributed by atoms with Crippen LogP contribution in [0.25, 0.3) is 10.9 Å². The van der Waals surface area contributed by atoms with Crippen molar-refractivity contribution in [2.24, 2.45) is 5.73 Å². The summed E-state index contributed by atoms with van der Waals surface area (Å²) in [5.74, 6) is 0.947. The SMILES string of the molecule is NC(=S)C1CN(c2ccc3ccccc3n2)CCO1. The molecule has 2 N–H and O–H groups in total. The summed E-state index contributed by atoms with van der Waals surface area (Å²) in [4.78, 5) is 7.25. The average Bonchev–Trinajstić information content (AvgIpc) is 2.47. The number of hydrogen-bond donors (Lipinski definition) is 1. The van der Waals surface area contributed by atoms with E-state index in [2.05, 4.69) is 22.0 Å². The van der Waals surface area contributed by atoms with E-state index >= 15 is 0 Å². The Hall–Kier alpha value is -1.72. The zero-order valence-electron chi connectivity index (χ0n) is 10.5. The van der Waals surface area contributed by atoms with Crippen LogP contribution in [-0.2, 0) is 4.74 Å². The van der Waals surface area contributed by atoms with Gasteiger partial charge in [-0.25, -0.2) is 4.98 Å². The van der Waals surface area contributed by atoms with Crippen LogP contribution in [0, 0.1) is 0 Å². The van der Waals surface area contributed by atoms with Crippen LogP contribution in [0.1, 0.15) is 0 Å². The smallest absolute Gasteiger partial charge is 0.129 e. The van der Waals surface area contributed by atoms with Crippen molar-refractivity contribution in [3.63, 3.8) is 0 Å². The standard InChI is InChI=1S/C14H15N3OS/c15-14(19)12-9-17(7-8-18-12)13-6-5-10-3-1-2-4-11(10)16-13/h1-6,12H,7-9H2,(H2,15,19). The fraction of sp³-hybridized carbons (Fsp3) is 0.286. The third kappa shape index (κ3) is 2.52. The highest BCUT2D eigenvalue weighted by molar-refractivity contribution is 7.80. The minimum absolute atomic E-state index is 0.183. The highest BCUT2D eigenvalue weighted by atomic mass is 32.1. The van der Waals surface area contributed by atoms with Crippen molar-refractivity contribution >= 4 is 33.9 Å². The van der Waals surface area contributed by atoms with Crippen molar-refractivity contribution in [2.45, 2.75) is 6.10 Å². The van der Waals surface area contributed by atoms with Crippen LogP contribution in [0.3, 0.4) is 0 Å². The van der Waals surface area contributed by atoms with E-state index in [4.69, 9.17) is 22.7 Å². The number of rotatable bonds is 2. The first-order valence-electron chi connectivity index (χ1n) is 6.26. The molecule has 19 heavy (non-hydrogen) atoms. The Morgan fingerprint density at radius 1 is 1.32 bits per heavy atom. The summed E-state index contributed by atoms with van der Waals surface area (Å²) < 4.78 is 5.54. The van der Waals surface area contributed by atoms with Crippen LogP contribution in [0.15, 0.2) is 36.4 Å². The van der Waals surface area contributed by atoms with Crippen LogP contribution in [-0.4, -0.2) is 35.8 Å². The first kappa shape index (κ1) is 12.3. The van der Waals surface area contributed by atoms with Crippen LogP contribution < -0.4 is 10.6 Å². The molecule has 1 aliphatic heterocycles. The van der Waals surface area contributed by atoms with Gasteiger partial charge in [-0.1, -0.05) is 30.4 Å². The molecule has 1 fully saturated rings. The summed E-state index contributed by atoms with van der Waals surface area (Å²) in [5, 5.41) is 1.14. The fourth-order valence-electron chi connectivity index (χ4n) is 2.26. The van der Waals surface area contributed by atoms with Gasteiger partial charge in [0.2, 0.25) is 0 Å². The van der Waals surface area contributed by atoms with Crippen LogP contribution in [0.5, 0.6) is 0 Å². The monoisotopic (exact) mass is 273 g/mol. The first-order valence-corrected chi connectivity index (χ1v) is 6.66. The fourth-order valence-corrected chi connectivity index (χ4v) is 2.40. The van der Waals surface area contributed by atoms with Crippen molar-refractivity contribution < 1.29 is 4.74 Å². The van der Waals surface area contributed by atoms with Crippen molar-refractivity contribution in [3.8, 4) is 0 Å². The molecule has 0 radical (unpaired) electrons. The van der Waals surface area contributed by atoms with E-state index in [0.29, 0.717) is 18.1 Å². The lowest BCUT2D eigenvalue weighted by Gasteiger charge is -2.33. The Bertz CT molecular complexity index is 616. The van der Waals surface area contributed by atoms with Crippen molar-refractivity contribution in [2.75, 3.05) is 24.6 Å². The average molecular weight is 273 g/mol. The van der Waals surface area contributed by atoms with Crippen molar-refractivity contribution in [1.29, 1.82) is 0 Å². The van der Waals surface area contributed by atoms with Crippen LogP contribution in [0.2, 0.25) is 0 Å². The number of ether oxygens (including phenoxy) is 1. The zero-order valence-corrected chi connectivity index (χ0v) is 11.3. The maximum Gasteiger partial charge on any atom is 0.129 e. The van der Waals surface area contributed by atoms with E-state index < -0.39 is 0 Å². The van der Waals surface area contributed by atoms with Gasteiger partial charge in [0.05, 0.1) is 18.7 Å². The van der Waals surface area contributed by atoms with Gasteiger partial charge in [-0.2, -0.15) is 0 Å². The predicted octanol–water partition coefficient (Wildman–Crippen LogP) is 1.73. The number of nitrogens with zero attached hydrogens (tertiary/aromatic N) is 2. The number of anilines is 1. The number of nitrogens with two attached hydrogens (primary N) is 1. The van der Waals surface area contributed by atoms with E-state index in [9.17, 15) is 0 Å². The maximum atomic E-state index is 5.66. The zero-order chi connectivity index (χ0) is 13.2. The van der Waals surface area contributed by atoms with Gasteiger partial charge in [0.25, 0.3) is 0 Å². The van der Waals surface area contributed by atoms with E-state index in [1.54, 1.807) is 0 Å². The number of morpholine rings is 1. The quantitative estimate of drug-likeness (QED) is 0.844. The van der Waals surface area contributed by atoms with E-state index in [0.717, 1.165) is 23.3 Å². The second-order valence-electron chi connectivity index (χ2n) is 4.57. The Morgan fingerprint density at radius 2 is 2.16 bits per heavy atom. The molecule has 3 rings (SSSR count). The number of benzene rings is 1. The molecule has 0 spiro atoms. The molecule has 0 saturated carbocycles. The minimum atomic E-state index is -0.183.